The lowest BCUT2D eigenvalue weighted by Gasteiger charge is -2.30. The number of H-pyrrole nitrogens is 1. The lowest BCUT2D eigenvalue weighted by molar-refractivity contribution is 0.315. The minimum absolute atomic E-state index is 0.0436. The first-order valence-corrected chi connectivity index (χ1v) is 10.6. The maximum absolute atomic E-state index is 12.7. The fourth-order valence-electron chi connectivity index (χ4n) is 3.48. The van der Waals surface area contributed by atoms with Crippen molar-refractivity contribution < 1.29 is 13.0 Å². The van der Waals surface area contributed by atoms with Crippen LogP contribution in [0, 0.1) is 11.3 Å². The van der Waals surface area contributed by atoms with Crippen molar-refractivity contribution in [2.24, 2.45) is 0 Å². The van der Waals surface area contributed by atoms with Crippen molar-refractivity contribution in [1.29, 1.82) is 5.26 Å². The molecule has 3 N–H and O–H groups in total. The van der Waals surface area contributed by atoms with Crippen molar-refractivity contribution >= 4 is 37.8 Å². The third-order valence-electron chi connectivity index (χ3n) is 5.01. The van der Waals surface area contributed by atoms with Gasteiger partial charge in [0.1, 0.15) is 22.1 Å². The van der Waals surface area contributed by atoms with Gasteiger partial charge < -0.3 is 10.3 Å². The molecular formula is C19H15N7O3S. The Kier molecular flexibility index (Phi) is 4.23. The smallest absolute Gasteiger partial charge is 0.243 e. The highest BCUT2D eigenvalue weighted by Crippen LogP contribution is 2.31. The van der Waals surface area contributed by atoms with Crippen LogP contribution in [0.2, 0.25) is 0 Å². The zero-order valence-corrected chi connectivity index (χ0v) is 16.3. The number of hydrogen-bond donors (Lipinski definition) is 3. The van der Waals surface area contributed by atoms with E-state index in [-0.39, 0.29) is 16.5 Å². The summed E-state index contributed by atoms with van der Waals surface area (Å²) in [4.78, 5) is 7.26. The number of nitrogens with one attached hydrogen (secondary N) is 3. The number of sulfonamides is 1. The van der Waals surface area contributed by atoms with E-state index < -0.39 is 10.0 Å². The first-order chi connectivity index (χ1) is 14.5. The van der Waals surface area contributed by atoms with Crippen LogP contribution >= 0.6 is 0 Å². The van der Waals surface area contributed by atoms with Crippen LogP contribution < -0.4 is 10.0 Å². The highest BCUT2D eigenvalue weighted by atomic mass is 32.2. The second kappa shape index (κ2) is 6.94. The van der Waals surface area contributed by atoms with E-state index in [0.717, 1.165) is 11.0 Å². The summed E-state index contributed by atoms with van der Waals surface area (Å²) >= 11 is 0. The van der Waals surface area contributed by atoms with Crippen LogP contribution in [0.4, 0.5) is 5.69 Å². The summed E-state index contributed by atoms with van der Waals surface area (Å²) in [5, 5.41) is 20.7. The Morgan fingerprint density at radius 1 is 1.27 bits per heavy atom. The molecule has 0 aliphatic heterocycles. The predicted octanol–water partition coefficient (Wildman–Crippen LogP) is 2.41. The van der Waals surface area contributed by atoms with Crippen LogP contribution in [0.3, 0.4) is 0 Å². The van der Waals surface area contributed by atoms with Gasteiger partial charge in [-0.15, -0.1) is 0 Å². The average Bonchev–Trinajstić information content (AvgIpc) is 3.37. The zero-order valence-electron chi connectivity index (χ0n) is 15.5. The Labute approximate surface area is 170 Å². The lowest BCUT2D eigenvalue weighted by Crippen LogP contribution is -2.41. The molecule has 0 atom stereocenters. The largest absolute Gasteiger partial charge is 0.360 e. The molecule has 3 aromatic heterocycles. The fraction of sp³-hybridized carbons (Fsp3) is 0.158. The number of hydrogen-bond acceptors (Lipinski definition) is 8. The van der Waals surface area contributed by atoms with Gasteiger partial charge in [-0.05, 0) is 41.4 Å². The number of fused-ring (bicyclic) bond motifs is 2. The normalized spacial score (nSPS) is 16.4. The third kappa shape index (κ3) is 3.08. The summed E-state index contributed by atoms with van der Waals surface area (Å²) in [7, 11) is -3.75. The molecule has 11 heteroatoms. The van der Waals surface area contributed by atoms with Gasteiger partial charge in [-0.25, -0.2) is 22.8 Å². The molecule has 1 aliphatic rings. The van der Waals surface area contributed by atoms with Gasteiger partial charge in [-0.3, -0.25) is 0 Å². The van der Waals surface area contributed by atoms with Gasteiger partial charge in [-0.2, -0.15) is 5.26 Å². The van der Waals surface area contributed by atoms with Gasteiger partial charge in [0.2, 0.25) is 10.0 Å². The molecule has 4 aromatic rings. The van der Waals surface area contributed by atoms with Crippen LogP contribution in [-0.4, -0.2) is 34.7 Å². The van der Waals surface area contributed by atoms with Crippen molar-refractivity contribution in [3.05, 3.63) is 54.0 Å². The Morgan fingerprint density at radius 3 is 2.97 bits per heavy atom. The molecule has 0 radical (unpaired) electrons. The van der Waals surface area contributed by atoms with Crippen molar-refractivity contribution in [1.82, 2.24) is 25.0 Å². The van der Waals surface area contributed by atoms with Crippen molar-refractivity contribution in [3.63, 3.8) is 0 Å². The predicted molar refractivity (Wildman–Crippen MR) is 108 cm³/mol. The molecule has 1 aromatic carbocycles. The first kappa shape index (κ1) is 18.3. The summed E-state index contributed by atoms with van der Waals surface area (Å²) in [5.41, 5.74) is 3.42. The number of nitrogens with zero attached hydrogens (tertiary/aromatic N) is 4. The fourth-order valence-corrected chi connectivity index (χ4v) is 4.86. The number of nitriles is 1. The highest BCUT2D eigenvalue weighted by Gasteiger charge is 2.30. The lowest BCUT2D eigenvalue weighted by atomic mass is 9.88. The first-order valence-electron chi connectivity index (χ1n) is 9.09. The maximum atomic E-state index is 12.7. The van der Waals surface area contributed by atoms with E-state index in [9.17, 15) is 13.7 Å². The van der Waals surface area contributed by atoms with Gasteiger partial charge in [-0.1, -0.05) is 11.6 Å². The van der Waals surface area contributed by atoms with Crippen molar-refractivity contribution in [3.8, 4) is 6.07 Å². The van der Waals surface area contributed by atoms with E-state index >= 15 is 0 Å². The minimum atomic E-state index is -3.75. The van der Waals surface area contributed by atoms with Gasteiger partial charge >= 0.3 is 0 Å². The third-order valence-corrected chi connectivity index (χ3v) is 6.56. The molecular weight excluding hydrogens is 406 g/mol. The van der Waals surface area contributed by atoms with Crippen LogP contribution in [0.15, 0.2) is 58.0 Å². The molecule has 0 bridgehead atoms. The quantitative estimate of drug-likeness (QED) is 0.445. The molecule has 0 spiro atoms. The molecule has 0 unspecified atom stereocenters. The van der Waals surface area contributed by atoms with Crippen LogP contribution in [0.25, 0.3) is 22.1 Å². The molecule has 30 heavy (non-hydrogen) atoms. The monoisotopic (exact) mass is 421 g/mol. The molecule has 150 valence electrons. The van der Waals surface area contributed by atoms with Gasteiger partial charge in [0, 0.05) is 30.0 Å². The summed E-state index contributed by atoms with van der Waals surface area (Å²) in [6.07, 6.45) is 6.20. The van der Waals surface area contributed by atoms with Crippen molar-refractivity contribution in [2.45, 2.75) is 23.8 Å². The van der Waals surface area contributed by atoms with Crippen LogP contribution in [0.1, 0.15) is 18.4 Å². The van der Waals surface area contributed by atoms with E-state index in [0.29, 0.717) is 35.3 Å². The summed E-state index contributed by atoms with van der Waals surface area (Å²) < 4.78 is 32.8. The Balaban J connectivity index is 1.29. The van der Waals surface area contributed by atoms with E-state index in [2.05, 4.69) is 41.0 Å². The summed E-state index contributed by atoms with van der Waals surface area (Å²) in [6, 6.07) is 8.46. The zero-order chi connectivity index (χ0) is 20.7. The van der Waals surface area contributed by atoms with E-state index in [1.807, 2.05) is 12.3 Å². The van der Waals surface area contributed by atoms with Gasteiger partial charge in [0.25, 0.3) is 0 Å². The average molecular weight is 421 g/mol. The second-order valence-electron chi connectivity index (χ2n) is 6.96. The van der Waals surface area contributed by atoms with Gasteiger partial charge in [0.15, 0.2) is 5.52 Å². The number of rotatable bonds is 5. The molecule has 1 fully saturated rings. The van der Waals surface area contributed by atoms with Crippen LogP contribution in [0.5, 0.6) is 0 Å². The van der Waals surface area contributed by atoms with Crippen LogP contribution in [-0.2, 0) is 10.0 Å². The number of aromatic amines is 1. The topological polar surface area (TPSA) is 150 Å². The number of anilines is 1. The molecule has 1 saturated carbocycles. The molecule has 5 rings (SSSR count). The van der Waals surface area contributed by atoms with E-state index in [4.69, 9.17) is 0 Å². The number of pyridine rings is 1. The summed E-state index contributed by atoms with van der Waals surface area (Å²) in [5.74, 6) is 0. The SMILES string of the molecule is N#Cc1cnc2[nH]ccc2c1NC=C1CC(NS(=O)(=O)c2cccc3nonc23)C1. The molecule has 10 nitrogen and oxygen atoms in total. The van der Waals surface area contributed by atoms with E-state index in [1.165, 1.54) is 12.3 Å². The Morgan fingerprint density at radius 2 is 2.13 bits per heavy atom. The van der Waals surface area contributed by atoms with Crippen molar-refractivity contribution in [2.75, 3.05) is 5.32 Å². The minimum Gasteiger partial charge on any atom is -0.360 e. The Bertz CT molecular complexity index is 1440. The van der Waals surface area contributed by atoms with E-state index in [1.54, 1.807) is 18.3 Å². The summed E-state index contributed by atoms with van der Waals surface area (Å²) in [6.45, 7) is 0. The highest BCUT2D eigenvalue weighted by molar-refractivity contribution is 7.89. The molecule has 0 amide bonds. The second-order valence-corrected chi connectivity index (χ2v) is 8.64. The van der Waals surface area contributed by atoms with Gasteiger partial charge in [0.05, 0.1) is 11.3 Å². The number of aromatic nitrogens is 4. The molecule has 0 saturated heterocycles. The molecule has 3 heterocycles. The maximum Gasteiger partial charge on any atom is 0.243 e. The number of benzene rings is 1. The Hall–Kier alpha value is -3.75. The molecule has 1 aliphatic carbocycles. The standard InChI is InChI=1S/C19H15N7O3S/c20-8-12-10-23-19-14(4-5-21-19)17(12)22-9-11-6-13(7-11)26-30(27,28)16-3-1-2-15-18(16)25-29-24-15/h1-5,9-10,13,26H,6-7H2,(H2,21,22,23).